The number of rotatable bonds is 3. The van der Waals surface area contributed by atoms with E-state index in [4.69, 9.17) is 5.73 Å². The van der Waals surface area contributed by atoms with Gasteiger partial charge in [0.25, 0.3) is 5.56 Å². The predicted octanol–water partition coefficient (Wildman–Crippen LogP) is 0.111. The Balaban J connectivity index is 3.28. The normalized spacial score (nSPS) is 12.9. The van der Waals surface area contributed by atoms with Crippen molar-refractivity contribution in [3.05, 3.63) is 16.0 Å². The molecule has 0 fully saturated rings. The number of nitrogens with zero attached hydrogens (tertiary/aromatic N) is 2. The summed E-state index contributed by atoms with van der Waals surface area (Å²) in [5.74, 6) is -0.0756. The fourth-order valence-electron chi connectivity index (χ4n) is 2.06. The van der Waals surface area contributed by atoms with Crippen LogP contribution in [0.1, 0.15) is 26.5 Å². The molecule has 0 aromatic carbocycles. The summed E-state index contributed by atoms with van der Waals surface area (Å²) in [5.41, 5.74) is 6.15. The maximum atomic E-state index is 12.0. The maximum Gasteiger partial charge on any atom is 0.290 e. The second-order valence-corrected chi connectivity index (χ2v) is 7.85. The Kier molecular flexibility index (Phi) is 3.67. The first-order valence-corrected chi connectivity index (χ1v) is 7.74. The van der Waals surface area contributed by atoms with Crippen LogP contribution in [0, 0.1) is 0 Å². The van der Waals surface area contributed by atoms with Crippen LogP contribution in [0.3, 0.4) is 0 Å². The van der Waals surface area contributed by atoms with Gasteiger partial charge in [0.15, 0.2) is 0 Å². The number of sulfone groups is 1. The van der Waals surface area contributed by atoms with E-state index in [1.807, 2.05) is 20.8 Å². The summed E-state index contributed by atoms with van der Waals surface area (Å²) in [6.07, 6.45) is 1.15. The molecular weight excluding hydrogens is 254 g/mol. The lowest BCUT2D eigenvalue weighted by Gasteiger charge is -2.21. The molecule has 18 heavy (non-hydrogen) atoms. The van der Waals surface area contributed by atoms with Gasteiger partial charge >= 0.3 is 0 Å². The molecule has 0 atom stereocenters. The van der Waals surface area contributed by atoms with E-state index in [2.05, 4.69) is 0 Å². The van der Waals surface area contributed by atoms with E-state index >= 15 is 0 Å². The molecule has 0 amide bonds. The van der Waals surface area contributed by atoms with Gasteiger partial charge in [0.2, 0.25) is 0 Å². The first kappa shape index (κ1) is 14.8. The van der Waals surface area contributed by atoms with E-state index < -0.39 is 9.84 Å². The zero-order chi connectivity index (χ0) is 14.3. The molecule has 0 bridgehead atoms. The van der Waals surface area contributed by atoms with Crippen molar-refractivity contribution >= 4 is 15.5 Å². The van der Waals surface area contributed by atoms with Gasteiger partial charge in [-0.25, -0.2) is 13.1 Å². The van der Waals surface area contributed by atoms with Gasteiger partial charge in [-0.2, -0.15) is 0 Å². The first-order chi connectivity index (χ1) is 7.95. The highest BCUT2D eigenvalue weighted by atomic mass is 32.2. The Hall–Kier alpha value is -1.24. The van der Waals surface area contributed by atoms with Gasteiger partial charge in [-0.1, -0.05) is 20.8 Å². The number of anilines is 1. The zero-order valence-electron chi connectivity index (χ0n) is 11.5. The maximum absolute atomic E-state index is 12.0. The van der Waals surface area contributed by atoms with Crippen LogP contribution in [-0.4, -0.2) is 29.8 Å². The zero-order valence-corrected chi connectivity index (χ0v) is 12.3. The van der Waals surface area contributed by atoms with Crippen molar-refractivity contribution in [2.45, 2.75) is 32.7 Å². The molecule has 1 rings (SSSR count). The molecule has 0 aliphatic rings. The highest BCUT2D eigenvalue weighted by Crippen LogP contribution is 2.25. The van der Waals surface area contributed by atoms with Gasteiger partial charge in [0.1, 0.15) is 15.5 Å². The molecule has 0 saturated heterocycles. The van der Waals surface area contributed by atoms with Crippen molar-refractivity contribution < 1.29 is 8.42 Å². The molecule has 6 nitrogen and oxygen atoms in total. The lowest BCUT2D eigenvalue weighted by molar-refractivity contribution is 0.453. The third-order valence-corrected chi connectivity index (χ3v) is 3.71. The molecule has 0 aliphatic heterocycles. The summed E-state index contributed by atoms with van der Waals surface area (Å²) in [5, 5.41) is 0. The number of hydrogen-bond acceptors (Lipinski definition) is 4. The fourth-order valence-corrected chi connectivity index (χ4v) is 2.57. The summed E-state index contributed by atoms with van der Waals surface area (Å²) in [6.45, 7) is 5.99. The highest BCUT2D eigenvalue weighted by Gasteiger charge is 2.25. The Morgan fingerprint density at radius 2 is 1.78 bits per heavy atom. The van der Waals surface area contributed by atoms with Crippen molar-refractivity contribution in [3.8, 4) is 0 Å². The molecule has 0 saturated carbocycles. The van der Waals surface area contributed by atoms with Crippen molar-refractivity contribution in [1.29, 1.82) is 0 Å². The van der Waals surface area contributed by atoms with Crippen LogP contribution in [0.25, 0.3) is 0 Å². The van der Waals surface area contributed by atoms with Crippen LogP contribution in [0.2, 0.25) is 0 Å². The molecule has 1 heterocycles. The van der Waals surface area contributed by atoms with Gasteiger partial charge < -0.3 is 5.73 Å². The third-order valence-electron chi connectivity index (χ3n) is 2.79. The quantitative estimate of drug-likeness (QED) is 0.848. The highest BCUT2D eigenvalue weighted by molar-refractivity contribution is 7.90. The lowest BCUT2D eigenvalue weighted by atomic mass is 9.91. The molecule has 1 aromatic heterocycles. The Bertz CT molecular complexity index is 603. The Labute approximate surface area is 107 Å². The fraction of sp³-hybridized carbons (Fsp3) is 0.727. The summed E-state index contributed by atoms with van der Waals surface area (Å²) < 4.78 is 25.3. The van der Waals surface area contributed by atoms with E-state index in [1.54, 1.807) is 11.7 Å². The second-order valence-electron chi connectivity index (χ2n) is 5.59. The standard InChI is InChI=1S/C11H21N3O3S/c1-11(2,3)9-8(12)10(15)14(13(9)4)6-7-18(5,16)17/h6-7,12H2,1-5H3. The molecule has 0 unspecified atom stereocenters. The summed E-state index contributed by atoms with van der Waals surface area (Å²) in [6, 6.07) is 0. The number of aromatic nitrogens is 2. The molecule has 0 aliphatic carbocycles. The Morgan fingerprint density at radius 1 is 1.28 bits per heavy atom. The van der Waals surface area contributed by atoms with Gasteiger partial charge in [0.05, 0.1) is 18.0 Å². The Morgan fingerprint density at radius 3 is 2.11 bits per heavy atom. The van der Waals surface area contributed by atoms with E-state index in [9.17, 15) is 13.2 Å². The third kappa shape index (κ3) is 2.95. The molecule has 104 valence electrons. The summed E-state index contributed by atoms with van der Waals surface area (Å²) in [7, 11) is -1.39. The van der Waals surface area contributed by atoms with Gasteiger partial charge in [-0.05, 0) is 0 Å². The molecule has 7 heteroatoms. The minimum atomic E-state index is -3.11. The SMILES string of the molecule is Cn1c(C(C)(C)C)c(N)c(=O)n1CCS(C)(=O)=O. The number of nitrogen functional groups attached to an aromatic ring is 1. The number of hydrogen-bond donors (Lipinski definition) is 1. The van der Waals surface area contributed by atoms with Crippen LogP contribution in [0.5, 0.6) is 0 Å². The average molecular weight is 275 g/mol. The van der Waals surface area contributed by atoms with Crippen LogP contribution in [0.4, 0.5) is 5.69 Å². The van der Waals surface area contributed by atoms with Crippen molar-refractivity contribution in [2.75, 3.05) is 17.7 Å². The van der Waals surface area contributed by atoms with Crippen LogP contribution < -0.4 is 11.3 Å². The molecule has 1 aromatic rings. The van der Waals surface area contributed by atoms with E-state index in [-0.39, 0.29) is 29.0 Å². The molecule has 0 spiro atoms. The molecular formula is C11H21N3O3S. The summed E-state index contributed by atoms with van der Waals surface area (Å²) >= 11 is 0. The second kappa shape index (κ2) is 4.46. The van der Waals surface area contributed by atoms with Crippen LogP contribution in [0.15, 0.2) is 4.79 Å². The predicted molar refractivity (Wildman–Crippen MR) is 72.5 cm³/mol. The monoisotopic (exact) mass is 275 g/mol. The van der Waals surface area contributed by atoms with E-state index in [0.717, 1.165) is 11.9 Å². The van der Waals surface area contributed by atoms with Crippen molar-refractivity contribution in [1.82, 2.24) is 9.36 Å². The average Bonchev–Trinajstić information content (AvgIpc) is 2.33. The van der Waals surface area contributed by atoms with E-state index in [1.165, 1.54) is 4.68 Å². The van der Waals surface area contributed by atoms with Crippen molar-refractivity contribution in [3.63, 3.8) is 0 Å². The minimum absolute atomic E-state index is 0.0756. The molecule has 0 radical (unpaired) electrons. The van der Waals surface area contributed by atoms with Crippen LogP contribution in [-0.2, 0) is 28.8 Å². The lowest BCUT2D eigenvalue weighted by Crippen LogP contribution is -2.27. The van der Waals surface area contributed by atoms with Gasteiger partial charge in [0, 0.05) is 18.7 Å². The summed E-state index contributed by atoms with van der Waals surface area (Å²) in [4.78, 5) is 12.0. The van der Waals surface area contributed by atoms with Crippen molar-refractivity contribution in [2.24, 2.45) is 7.05 Å². The topological polar surface area (TPSA) is 87.1 Å². The number of nitrogens with two attached hydrogens (primary N) is 1. The first-order valence-electron chi connectivity index (χ1n) is 5.68. The molecule has 2 N–H and O–H groups in total. The minimum Gasteiger partial charge on any atom is -0.393 e. The van der Waals surface area contributed by atoms with Gasteiger partial charge in [-0.15, -0.1) is 0 Å². The smallest absolute Gasteiger partial charge is 0.290 e. The largest absolute Gasteiger partial charge is 0.393 e. The van der Waals surface area contributed by atoms with E-state index in [0.29, 0.717) is 0 Å². The van der Waals surface area contributed by atoms with Gasteiger partial charge in [-0.3, -0.25) is 9.48 Å². The van der Waals surface area contributed by atoms with Crippen LogP contribution >= 0.6 is 0 Å².